The van der Waals surface area contributed by atoms with Crippen molar-refractivity contribution < 1.29 is 4.74 Å². The number of aromatic nitrogens is 1. The first-order valence-corrected chi connectivity index (χ1v) is 5.06. The maximum Gasteiger partial charge on any atom is 0.129 e. The van der Waals surface area contributed by atoms with Crippen LogP contribution in [0.15, 0.2) is 18.3 Å². The van der Waals surface area contributed by atoms with Crippen LogP contribution < -0.4 is 10.1 Å². The monoisotopic (exact) mass is 192 g/mol. The molecule has 0 amide bonds. The molecule has 0 aromatic carbocycles. The molecule has 0 spiro atoms. The number of rotatable bonds is 4. The Kier molecular flexibility index (Phi) is 2.57. The van der Waals surface area contributed by atoms with Crippen molar-refractivity contribution in [1.82, 2.24) is 4.98 Å². The third-order valence-corrected chi connectivity index (χ3v) is 2.67. The van der Waals surface area contributed by atoms with Crippen LogP contribution in [0.2, 0.25) is 0 Å². The van der Waals surface area contributed by atoms with Crippen LogP contribution in [0, 0.1) is 5.92 Å². The van der Waals surface area contributed by atoms with E-state index in [4.69, 9.17) is 4.74 Å². The van der Waals surface area contributed by atoms with Crippen LogP contribution in [-0.2, 0) is 0 Å². The summed E-state index contributed by atoms with van der Waals surface area (Å²) in [5.41, 5.74) is 0. The summed E-state index contributed by atoms with van der Waals surface area (Å²) in [6.45, 7) is 2.21. The van der Waals surface area contributed by atoms with Gasteiger partial charge in [0.05, 0.1) is 7.11 Å². The molecular weight excluding hydrogens is 176 g/mol. The second-order valence-electron chi connectivity index (χ2n) is 3.85. The van der Waals surface area contributed by atoms with Gasteiger partial charge in [-0.05, 0) is 31.7 Å². The molecule has 1 saturated carbocycles. The smallest absolute Gasteiger partial charge is 0.129 e. The summed E-state index contributed by atoms with van der Waals surface area (Å²) in [4.78, 5) is 4.25. The Hall–Kier alpha value is -1.25. The fourth-order valence-electron chi connectivity index (χ4n) is 1.56. The van der Waals surface area contributed by atoms with E-state index in [9.17, 15) is 0 Å². The molecule has 3 heteroatoms. The number of anilines is 1. The summed E-state index contributed by atoms with van der Waals surface area (Å²) in [5.74, 6) is 2.59. The molecular formula is C11H16N2O. The molecule has 1 aliphatic carbocycles. The number of nitrogens with one attached hydrogen (secondary N) is 1. The Morgan fingerprint density at radius 2 is 2.36 bits per heavy atom. The van der Waals surface area contributed by atoms with E-state index in [0.717, 1.165) is 17.5 Å². The van der Waals surface area contributed by atoms with E-state index in [1.54, 1.807) is 13.3 Å². The van der Waals surface area contributed by atoms with E-state index >= 15 is 0 Å². The first-order chi connectivity index (χ1) is 6.79. The predicted octanol–water partition coefficient (Wildman–Crippen LogP) is 2.30. The van der Waals surface area contributed by atoms with E-state index in [1.165, 1.54) is 12.8 Å². The number of methoxy groups -OCH3 is 1. The molecule has 0 saturated heterocycles. The lowest BCUT2D eigenvalue weighted by Gasteiger charge is -2.13. The molecule has 1 aromatic rings. The zero-order chi connectivity index (χ0) is 9.97. The van der Waals surface area contributed by atoms with Gasteiger partial charge in [0, 0.05) is 18.3 Å². The quantitative estimate of drug-likeness (QED) is 0.794. The van der Waals surface area contributed by atoms with E-state index in [-0.39, 0.29) is 0 Å². The summed E-state index contributed by atoms with van der Waals surface area (Å²) < 4.78 is 5.13. The lowest BCUT2D eigenvalue weighted by Crippen LogP contribution is -2.17. The zero-order valence-corrected chi connectivity index (χ0v) is 8.66. The van der Waals surface area contributed by atoms with Crippen LogP contribution in [0.25, 0.3) is 0 Å². The number of pyridine rings is 1. The highest BCUT2D eigenvalue weighted by molar-refractivity contribution is 5.41. The van der Waals surface area contributed by atoms with Crippen LogP contribution in [0.1, 0.15) is 19.8 Å². The minimum Gasteiger partial charge on any atom is -0.497 e. The standard InChI is InChI=1S/C11H16N2O/c1-8(9-3-4-9)13-11-7-10(14-2)5-6-12-11/h5-9H,3-4H2,1-2H3,(H,12,13). The fourth-order valence-corrected chi connectivity index (χ4v) is 1.56. The van der Waals surface area contributed by atoms with Gasteiger partial charge >= 0.3 is 0 Å². The average Bonchev–Trinajstić information content (AvgIpc) is 3.01. The Balaban J connectivity index is 2.00. The maximum absolute atomic E-state index is 5.13. The van der Waals surface area contributed by atoms with Gasteiger partial charge in [-0.15, -0.1) is 0 Å². The lowest BCUT2D eigenvalue weighted by molar-refractivity contribution is 0.414. The third-order valence-electron chi connectivity index (χ3n) is 2.67. The van der Waals surface area contributed by atoms with E-state index in [1.807, 2.05) is 12.1 Å². The summed E-state index contributed by atoms with van der Waals surface area (Å²) in [7, 11) is 1.67. The van der Waals surface area contributed by atoms with Crippen LogP contribution in [0.4, 0.5) is 5.82 Å². The summed E-state index contributed by atoms with van der Waals surface area (Å²) >= 11 is 0. The molecule has 1 atom stereocenters. The number of nitrogens with zero attached hydrogens (tertiary/aromatic N) is 1. The van der Waals surface area contributed by atoms with Crippen LogP contribution in [0.5, 0.6) is 5.75 Å². The van der Waals surface area contributed by atoms with Crippen LogP contribution in [-0.4, -0.2) is 18.1 Å². The number of ether oxygens (including phenoxy) is 1. The molecule has 0 bridgehead atoms. The van der Waals surface area contributed by atoms with Crippen molar-refractivity contribution in [2.45, 2.75) is 25.8 Å². The predicted molar refractivity (Wildman–Crippen MR) is 56.6 cm³/mol. The molecule has 2 rings (SSSR count). The molecule has 14 heavy (non-hydrogen) atoms. The van der Waals surface area contributed by atoms with Gasteiger partial charge in [0.15, 0.2) is 0 Å². The normalized spacial score (nSPS) is 17.6. The van der Waals surface area contributed by atoms with Crippen LogP contribution >= 0.6 is 0 Å². The van der Waals surface area contributed by atoms with Gasteiger partial charge in [0.2, 0.25) is 0 Å². The van der Waals surface area contributed by atoms with Gasteiger partial charge in [-0.3, -0.25) is 0 Å². The molecule has 3 nitrogen and oxygen atoms in total. The molecule has 0 radical (unpaired) electrons. The lowest BCUT2D eigenvalue weighted by atomic mass is 10.2. The van der Waals surface area contributed by atoms with E-state index in [2.05, 4.69) is 17.2 Å². The highest BCUT2D eigenvalue weighted by Gasteiger charge is 2.27. The largest absolute Gasteiger partial charge is 0.497 e. The average molecular weight is 192 g/mol. The maximum atomic E-state index is 5.13. The van der Waals surface area contributed by atoms with Crippen molar-refractivity contribution in [3.63, 3.8) is 0 Å². The zero-order valence-electron chi connectivity index (χ0n) is 8.66. The van der Waals surface area contributed by atoms with Crippen molar-refractivity contribution in [3.05, 3.63) is 18.3 Å². The SMILES string of the molecule is COc1ccnc(NC(C)C2CC2)c1. The third kappa shape index (κ3) is 2.16. The molecule has 1 N–H and O–H groups in total. The summed E-state index contributed by atoms with van der Waals surface area (Å²) in [5, 5.41) is 3.39. The molecule has 1 aromatic heterocycles. The minimum atomic E-state index is 0.523. The minimum absolute atomic E-state index is 0.523. The van der Waals surface area contributed by atoms with Crippen molar-refractivity contribution in [2.24, 2.45) is 5.92 Å². The molecule has 1 aliphatic rings. The van der Waals surface area contributed by atoms with Crippen molar-refractivity contribution in [3.8, 4) is 5.75 Å². The molecule has 1 heterocycles. The fraction of sp³-hybridized carbons (Fsp3) is 0.545. The van der Waals surface area contributed by atoms with Gasteiger partial charge in [-0.1, -0.05) is 0 Å². The van der Waals surface area contributed by atoms with Crippen molar-refractivity contribution >= 4 is 5.82 Å². The molecule has 1 unspecified atom stereocenters. The van der Waals surface area contributed by atoms with Gasteiger partial charge in [-0.25, -0.2) is 4.98 Å². The molecule has 76 valence electrons. The Bertz CT molecular complexity index is 310. The first kappa shape index (κ1) is 9.31. The van der Waals surface area contributed by atoms with Gasteiger partial charge in [-0.2, -0.15) is 0 Å². The van der Waals surface area contributed by atoms with Crippen molar-refractivity contribution in [2.75, 3.05) is 12.4 Å². The summed E-state index contributed by atoms with van der Waals surface area (Å²) in [6.07, 6.45) is 4.46. The Morgan fingerprint density at radius 1 is 1.57 bits per heavy atom. The Labute approximate surface area is 84.5 Å². The second kappa shape index (κ2) is 3.86. The van der Waals surface area contributed by atoms with Gasteiger partial charge in [0.25, 0.3) is 0 Å². The molecule has 1 fully saturated rings. The highest BCUT2D eigenvalue weighted by atomic mass is 16.5. The van der Waals surface area contributed by atoms with Crippen molar-refractivity contribution in [1.29, 1.82) is 0 Å². The number of hydrogen-bond donors (Lipinski definition) is 1. The van der Waals surface area contributed by atoms with Gasteiger partial charge in [0.1, 0.15) is 11.6 Å². The van der Waals surface area contributed by atoms with Gasteiger partial charge < -0.3 is 10.1 Å². The topological polar surface area (TPSA) is 34.1 Å². The summed E-state index contributed by atoms with van der Waals surface area (Å²) in [6, 6.07) is 4.31. The second-order valence-corrected chi connectivity index (χ2v) is 3.85. The molecule has 0 aliphatic heterocycles. The highest BCUT2D eigenvalue weighted by Crippen LogP contribution is 2.33. The van der Waals surface area contributed by atoms with Crippen LogP contribution in [0.3, 0.4) is 0 Å². The van der Waals surface area contributed by atoms with E-state index < -0.39 is 0 Å². The first-order valence-electron chi connectivity index (χ1n) is 5.06. The Morgan fingerprint density at radius 3 is 3.00 bits per heavy atom. The number of hydrogen-bond acceptors (Lipinski definition) is 3. The van der Waals surface area contributed by atoms with E-state index in [0.29, 0.717) is 6.04 Å².